The van der Waals surface area contributed by atoms with Crippen molar-refractivity contribution < 1.29 is 37.3 Å². The minimum absolute atomic E-state index is 0.0868. The third-order valence-corrected chi connectivity index (χ3v) is 8.00. The van der Waals surface area contributed by atoms with E-state index >= 15 is 0 Å². The maximum Gasteiger partial charge on any atom is 0.472 e. The smallest absolute Gasteiger partial charge is 0.457 e. The normalized spacial score (nSPS) is 14.5. The third kappa shape index (κ3) is 32.2. The zero-order valence-corrected chi connectivity index (χ0v) is 29.3. The SMILES string of the molecule is CCCCC/C=C\C/C=C\CCCCCCCCOCC(COP(=O)(O)OCC[N+](C)(C)C)OC(=O)CCCCCCC. The van der Waals surface area contributed by atoms with Crippen LogP contribution >= 0.6 is 7.82 Å². The Morgan fingerprint density at radius 1 is 0.721 bits per heavy atom. The van der Waals surface area contributed by atoms with Gasteiger partial charge in [0.2, 0.25) is 0 Å². The molecule has 0 aromatic rings. The van der Waals surface area contributed by atoms with Gasteiger partial charge >= 0.3 is 13.8 Å². The maximum atomic E-state index is 12.4. The second-order valence-corrected chi connectivity index (χ2v) is 14.0. The third-order valence-electron chi connectivity index (χ3n) is 7.02. The summed E-state index contributed by atoms with van der Waals surface area (Å²) in [6.45, 7) is 5.47. The first-order chi connectivity index (χ1) is 20.6. The zero-order valence-electron chi connectivity index (χ0n) is 28.4. The molecule has 9 heteroatoms. The summed E-state index contributed by atoms with van der Waals surface area (Å²) >= 11 is 0. The van der Waals surface area contributed by atoms with Gasteiger partial charge in [0.25, 0.3) is 0 Å². The summed E-state index contributed by atoms with van der Waals surface area (Å²) in [5, 5.41) is 0. The van der Waals surface area contributed by atoms with Gasteiger partial charge < -0.3 is 18.9 Å². The number of allylic oxidation sites excluding steroid dienone is 4. The van der Waals surface area contributed by atoms with Crippen LogP contribution in [0, 0.1) is 0 Å². The number of nitrogens with zero attached hydrogens (tertiary/aromatic N) is 1. The summed E-state index contributed by atoms with van der Waals surface area (Å²) in [7, 11) is 1.65. The van der Waals surface area contributed by atoms with Crippen molar-refractivity contribution in [2.45, 2.75) is 136 Å². The molecule has 43 heavy (non-hydrogen) atoms. The number of carbonyl (C=O) groups is 1. The van der Waals surface area contributed by atoms with Crippen LogP contribution in [-0.2, 0) is 27.9 Å². The van der Waals surface area contributed by atoms with E-state index in [2.05, 4.69) is 38.2 Å². The monoisotopic (exact) mass is 632 g/mol. The number of likely N-dealkylation sites (N-methyl/N-ethyl adjacent to an activating group) is 1. The van der Waals surface area contributed by atoms with E-state index in [1.165, 1.54) is 51.4 Å². The lowest BCUT2D eigenvalue weighted by Gasteiger charge is -2.24. The summed E-state index contributed by atoms with van der Waals surface area (Å²) in [5.41, 5.74) is 0. The molecule has 0 aromatic carbocycles. The lowest BCUT2D eigenvalue weighted by molar-refractivity contribution is -0.870. The molecule has 1 N–H and O–H groups in total. The van der Waals surface area contributed by atoms with Crippen molar-refractivity contribution in [1.82, 2.24) is 0 Å². The minimum atomic E-state index is -4.25. The summed E-state index contributed by atoms with van der Waals surface area (Å²) in [4.78, 5) is 22.4. The molecule has 0 rings (SSSR count). The van der Waals surface area contributed by atoms with Gasteiger partial charge in [-0.05, 0) is 44.9 Å². The molecule has 0 aromatic heterocycles. The Morgan fingerprint density at radius 2 is 1.28 bits per heavy atom. The van der Waals surface area contributed by atoms with E-state index in [9.17, 15) is 14.3 Å². The predicted octanol–water partition coefficient (Wildman–Crippen LogP) is 8.93. The van der Waals surface area contributed by atoms with Gasteiger partial charge in [0, 0.05) is 13.0 Å². The molecule has 0 saturated heterocycles. The number of phosphoric acid groups is 1. The molecular formula is C34H67NO7P+. The number of hydrogen-bond acceptors (Lipinski definition) is 6. The Hall–Kier alpha value is -1.02. The largest absolute Gasteiger partial charge is 0.472 e. The zero-order chi connectivity index (χ0) is 32.1. The summed E-state index contributed by atoms with van der Waals surface area (Å²) in [6, 6.07) is 0. The fourth-order valence-corrected chi connectivity index (χ4v) is 5.03. The molecule has 0 aliphatic carbocycles. The van der Waals surface area contributed by atoms with Gasteiger partial charge in [-0.2, -0.15) is 0 Å². The predicted molar refractivity (Wildman–Crippen MR) is 178 cm³/mol. The van der Waals surface area contributed by atoms with Gasteiger partial charge in [0.05, 0.1) is 34.4 Å². The molecule has 254 valence electrons. The van der Waals surface area contributed by atoms with E-state index in [0.717, 1.165) is 57.8 Å². The highest BCUT2D eigenvalue weighted by molar-refractivity contribution is 7.47. The van der Waals surface area contributed by atoms with Gasteiger partial charge in [0.1, 0.15) is 19.3 Å². The van der Waals surface area contributed by atoms with Crippen LogP contribution in [-0.4, -0.2) is 75.6 Å². The molecule has 2 unspecified atom stereocenters. The van der Waals surface area contributed by atoms with Crippen LogP contribution in [0.5, 0.6) is 0 Å². The minimum Gasteiger partial charge on any atom is -0.457 e. The molecule has 0 saturated carbocycles. The van der Waals surface area contributed by atoms with Crippen LogP contribution in [0.3, 0.4) is 0 Å². The van der Waals surface area contributed by atoms with Crippen LogP contribution in [0.25, 0.3) is 0 Å². The quantitative estimate of drug-likeness (QED) is 0.0268. The van der Waals surface area contributed by atoms with Crippen LogP contribution in [0.2, 0.25) is 0 Å². The molecule has 0 amide bonds. The van der Waals surface area contributed by atoms with E-state index in [1.54, 1.807) is 0 Å². The Morgan fingerprint density at radius 3 is 1.93 bits per heavy atom. The Bertz CT molecular complexity index is 752. The van der Waals surface area contributed by atoms with Crippen LogP contribution in [0.4, 0.5) is 0 Å². The van der Waals surface area contributed by atoms with Gasteiger partial charge in [-0.1, -0.05) is 102 Å². The molecule has 0 aliphatic heterocycles. The molecule has 0 fully saturated rings. The molecule has 0 spiro atoms. The molecule has 0 aliphatic rings. The summed E-state index contributed by atoms with van der Waals surface area (Å²) in [5.74, 6) is -0.332. The molecule has 8 nitrogen and oxygen atoms in total. The fourth-order valence-electron chi connectivity index (χ4n) is 4.29. The number of hydrogen-bond donors (Lipinski definition) is 1. The van der Waals surface area contributed by atoms with Crippen LogP contribution in [0.1, 0.15) is 129 Å². The Kier molecular flexibility index (Phi) is 27.8. The van der Waals surface area contributed by atoms with E-state index in [-0.39, 0.29) is 25.8 Å². The van der Waals surface area contributed by atoms with E-state index in [0.29, 0.717) is 24.1 Å². The molecule has 0 heterocycles. The fraction of sp³-hybridized carbons (Fsp3) is 0.853. The van der Waals surface area contributed by atoms with Crippen molar-refractivity contribution in [3.8, 4) is 0 Å². The van der Waals surface area contributed by atoms with Gasteiger partial charge in [-0.3, -0.25) is 13.8 Å². The molecular weight excluding hydrogens is 565 g/mol. The highest BCUT2D eigenvalue weighted by Crippen LogP contribution is 2.43. The number of esters is 1. The average Bonchev–Trinajstić information content (AvgIpc) is 2.94. The number of rotatable bonds is 31. The number of unbranched alkanes of at least 4 members (excludes halogenated alkanes) is 13. The first kappa shape index (κ1) is 42.0. The summed E-state index contributed by atoms with van der Waals surface area (Å²) in [6.07, 6.45) is 28.1. The lowest BCUT2D eigenvalue weighted by atomic mass is 10.1. The van der Waals surface area contributed by atoms with Crippen LogP contribution < -0.4 is 0 Å². The van der Waals surface area contributed by atoms with Crippen molar-refractivity contribution >= 4 is 13.8 Å². The second-order valence-electron chi connectivity index (χ2n) is 12.5. The molecule has 2 atom stereocenters. The number of quaternary nitrogens is 1. The van der Waals surface area contributed by atoms with Crippen molar-refractivity contribution in [2.75, 3.05) is 54.1 Å². The van der Waals surface area contributed by atoms with Gasteiger partial charge in [0.15, 0.2) is 0 Å². The van der Waals surface area contributed by atoms with Crippen molar-refractivity contribution in [3.63, 3.8) is 0 Å². The first-order valence-electron chi connectivity index (χ1n) is 17.1. The van der Waals surface area contributed by atoms with Crippen molar-refractivity contribution in [1.29, 1.82) is 0 Å². The lowest BCUT2D eigenvalue weighted by Crippen LogP contribution is -2.37. The standard InChI is InChI=1S/C34H66NO7P/c1-6-8-10-12-13-14-15-16-17-18-19-20-21-22-24-26-29-39-31-33(42-34(36)27-25-23-11-9-7-2)32-41-43(37,38)40-30-28-35(3,4)5/h13-14,16-17,33H,6-12,15,18-32H2,1-5H3/p+1/b14-13-,17-16-. The topological polar surface area (TPSA) is 91.3 Å². The van der Waals surface area contributed by atoms with Gasteiger partial charge in [-0.25, -0.2) is 4.57 Å². The number of ether oxygens (including phenoxy) is 2. The maximum absolute atomic E-state index is 12.4. The average molecular weight is 633 g/mol. The Balaban J connectivity index is 4.20. The highest BCUT2D eigenvalue weighted by Gasteiger charge is 2.26. The summed E-state index contributed by atoms with van der Waals surface area (Å²) < 4.78 is 34.5. The Labute approximate surface area is 264 Å². The van der Waals surface area contributed by atoms with E-state index in [1.807, 2.05) is 21.1 Å². The first-order valence-corrected chi connectivity index (χ1v) is 18.6. The van der Waals surface area contributed by atoms with E-state index < -0.39 is 13.9 Å². The van der Waals surface area contributed by atoms with Gasteiger partial charge in [-0.15, -0.1) is 0 Å². The number of carbonyl (C=O) groups excluding carboxylic acids is 1. The second kappa shape index (κ2) is 28.5. The van der Waals surface area contributed by atoms with Crippen molar-refractivity contribution in [2.24, 2.45) is 0 Å². The number of phosphoric ester groups is 1. The van der Waals surface area contributed by atoms with Crippen LogP contribution in [0.15, 0.2) is 24.3 Å². The van der Waals surface area contributed by atoms with Crippen molar-refractivity contribution in [3.05, 3.63) is 24.3 Å². The highest BCUT2D eigenvalue weighted by atomic mass is 31.2. The molecule has 0 radical (unpaired) electrons. The molecule has 0 bridgehead atoms. The van der Waals surface area contributed by atoms with E-state index in [4.69, 9.17) is 18.5 Å².